The molecule has 3 aromatic rings. The number of piperazine rings is 1. The van der Waals surface area contributed by atoms with E-state index in [-0.39, 0.29) is 29.4 Å². The summed E-state index contributed by atoms with van der Waals surface area (Å²) in [7, 11) is -2.73. The van der Waals surface area contributed by atoms with E-state index in [0.717, 1.165) is 17.7 Å². The highest BCUT2D eigenvalue weighted by molar-refractivity contribution is 7.89. The zero-order valence-corrected chi connectivity index (χ0v) is 22.6. The van der Waals surface area contributed by atoms with Gasteiger partial charge >= 0.3 is 6.18 Å². The van der Waals surface area contributed by atoms with Gasteiger partial charge in [0.2, 0.25) is 15.9 Å². The molecule has 1 amide bonds. The number of hydrogen-bond acceptors (Lipinski definition) is 5. The molecule has 7 nitrogen and oxygen atoms in total. The van der Waals surface area contributed by atoms with Crippen molar-refractivity contribution in [1.29, 1.82) is 0 Å². The molecule has 3 aromatic carbocycles. The summed E-state index contributed by atoms with van der Waals surface area (Å²) in [5, 5.41) is 0.108. The highest BCUT2D eigenvalue weighted by atomic mass is 35.5. The number of carbonyl (C=O) groups is 1. The van der Waals surface area contributed by atoms with E-state index >= 15 is 0 Å². The first-order valence-electron chi connectivity index (χ1n) is 12.1. The van der Waals surface area contributed by atoms with Gasteiger partial charge in [-0.15, -0.1) is 0 Å². The molecule has 1 aliphatic heterocycles. The molecular weight excluding hydrogens is 555 g/mol. The molecule has 12 heteroatoms. The van der Waals surface area contributed by atoms with Crippen LogP contribution in [0.1, 0.15) is 11.1 Å². The summed E-state index contributed by atoms with van der Waals surface area (Å²) >= 11 is 6.13. The highest BCUT2D eigenvalue weighted by Crippen LogP contribution is 2.32. The standard InChI is InChI=1S/C27H27ClF3N3O4S/c1-38-25-11-10-22(18-23(25)28)39(36,37)32-24(16-19-6-3-2-4-7-19)26(35)34-14-12-33(13-15-34)21-9-5-8-20(17-21)27(29,30)31/h2-11,17-18,24,32H,12-16H2,1H3/t24-/m1/s1. The second kappa shape index (κ2) is 11.8. The second-order valence-corrected chi connectivity index (χ2v) is 11.1. The van der Waals surface area contributed by atoms with Crippen molar-refractivity contribution < 1.29 is 31.1 Å². The van der Waals surface area contributed by atoms with E-state index < -0.39 is 33.7 Å². The number of anilines is 1. The Labute approximate surface area is 230 Å². The fourth-order valence-electron chi connectivity index (χ4n) is 4.38. The fraction of sp³-hybridized carbons (Fsp3) is 0.296. The molecule has 1 saturated heterocycles. The SMILES string of the molecule is COc1ccc(S(=O)(=O)N[C@H](Cc2ccccc2)C(=O)N2CCN(c3cccc(C(F)(F)F)c3)CC2)cc1Cl. The number of carbonyl (C=O) groups excluding carboxylic acids is 1. The first-order chi connectivity index (χ1) is 18.5. The predicted octanol–water partition coefficient (Wildman–Crippen LogP) is 4.61. The molecule has 0 saturated carbocycles. The molecule has 0 unspecified atom stereocenters. The number of amides is 1. The molecule has 0 radical (unpaired) electrons. The normalized spacial score (nSPS) is 15.2. The molecule has 1 atom stereocenters. The average Bonchev–Trinajstić information content (AvgIpc) is 2.92. The van der Waals surface area contributed by atoms with Crippen molar-refractivity contribution in [2.45, 2.75) is 23.5 Å². The lowest BCUT2D eigenvalue weighted by Crippen LogP contribution is -2.55. The van der Waals surface area contributed by atoms with Gasteiger partial charge in [0.25, 0.3) is 0 Å². The molecule has 1 N–H and O–H groups in total. The number of methoxy groups -OCH3 is 1. The van der Waals surface area contributed by atoms with E-state index in [4.69, 9.17) is 16.3 Å². The van der Waals surface area contributed by atoms with E-state index in [0.29, 0.717) is 24.5 Å². The van der Waals surface area contributed by atoms with Crippen LogP contribution in [0.4, 0.5) is 18.9 Å². The molecule has 0 aromatic heterocycles. The minimum Gasteiger partial charge on any atom is -0.495 e. The summed E-state index contributed by atoms with van der Waals surface area (Å²) < 4.78 is 73.5. The minimum absolute atomic E-state index is 0.108. The Bertz CT molecular complexity index is 1410. The van der Waals surface area contributed by atoms with Crippen molar-refractivity contribution >= 4 is 33.2 Å². The Kier molecular flexibility index (Phi) is 8.73. The largest absolute Gasteiger partial charge is 0.495 e. The highest BCUT2D eigenvalue weighted by Gasteiger charge is 2.33. The van der Waals surface area contributed by atoms with Gasteiger partial charge in [-0.05, 0) is 48.4 Å². The van der Waals surface area contributed by atoms with Crippen LogP contribution < -0.4 is 14.4 Å². The summed E-state index contributed by atoms with van der Waals surface area (Å²) in [4.78, 5) is 16.8. The average molecular weight is 582 g/mol. The number of nitrogens with one attached hydrogen (secondary N) is 1. The van der Waals surface area contributed by atoms with Crippen molar-refractivity contribution in [2.75, 3.05) is 38.2 Å². The van der Waals surface area contributed by atoms with Crippen LogP contribution in [-0.4, -0.2) is 58.6 Å². The van der Waals surface area contributed by atoms with Crippen molar-refractivity contribution in [2.24, 2.45) is 0 Å². The molecule has 39 heavy (non-hydrogen) atoms. The first kappa shape index (κ1) is 28.7. The van der Waals surface area contributed by atoms with Crippen LogP contribution >= 0.6 is 11.6 Å². The maximum absolute atomic E-state index is 13.6. The van der Waals surface area contributed by atoms with Gasteiger partial charge in [-0.25, -0.2) is 8.42 Å². The van der Waals surface area contributed by atoms with E-state index in [1.807, 2.05) is 6.07 Å². The number of rotatable bonds is 8. The zero-order valence-electron chi connectivity index (χ0n) is 21.0. The van der Waals surface area contributed by atoms with Crippen LogP contribution in [0.5, 0.6) is 5.75 Å². The number of nitrogens with zero attached hydrogens (tertiary/aromatic N) is 2. The monoisotopic (exact) mass is 581 g/mol. The van der Waals surface area contributed by atoms with Gasteiger partial charge in [0.15, 0.2) is 0 Å². The van der Waals surface area contributed by atoms with Gasteiger partial charge in [0, 0.05) is 31.9 Å². The minimum atomic E-state index is -4.45. The van der Waals surface area contributed by atoms with Crippen molar-refractivity contribution in [3.63, 3.8) is 0 Å². The number of sulfonamides is 1. The second-order valence-electron chi connectivity index (χ2n) is 9.02. The van der Waals surface area contributed by atoms with Gasteiger partial charge in [-0.3, -0.25) is 4.79 Å². The molecule has 1 aliphatic rings. The lowest BCUT2D eigenvalue weighted by atomic mass is 10.1. The Balaban J connectivity index is 1.51. The van der Waals surface area contributed by atoms with Gasteiger partial charge in [0.05, 0.1) is 22.6 Å². The van der Waals surface area contributed by atoms with Crippen LogP contribution in [0.2, 0.25) is 5.02 Å². The molecule has 4 rings (SSSR count). The molecular formula is C27H27ClF3N3O4S. The summed E-state index contributed by atoms with van der Waals surface area (Å²) in [6.07, 6.45) is -4.35. The molecule has 0 aliphatic carbocycles. The van der Waals surface area contributed by atoms with Crippen LogP contribution in [-0.2, 0) is 27.4 Å². The van der Waals surface area contributed by atoms with E-state index in [1.165, 1.54) is 36.3 Å². The summed E-state index contributed by atoms with van der Waals surface area (Å²) in [6, 6.07) is 17.0. The molecule has 1 fully saturated rings. The number of hydrogen-bond donors (Lipinski definition) is 1. The first-order valence-corrected chi connectivity index (χ1v) is 13.9. The third-order valence-electron chi connectivity index (χ3n) is 6.44. The van der Waals surface area contributed by atoms with E-state index in [1.54, 1.807) is 35.2 Å². The third-order valence-corrected chi connectivity index (χ3v) is 8.21. The van der Waals surface area contributed by atoms with Gasteiger partial charge in [0.1, 0.15) is 11.8 Å². The Morgan fingerprint density at radius 2 is 1.69 bits per heavy atom. The Hall–Kier alpha value is -3.28. The number of halogens is 4. The number of ether oxygens (including phenoxy) is 1. The van der Waals surface area contributed by atoms with Crippen molar-refractivity contribution in [3.8, 4) is 5.75 Å². The van der Waals surface area contributed by atoms with Gasteiger partial charge in [-0.1, -0.05) is 48.0 Å². The molecule has 1 heterocycles. The quantitative estimate of drug-likeness (QED) is 0.420. The summed E-state index contributed by atoms with van der Waals surface area (Å²) in [5.41, 5.74) is 0.429. The molecule has 0 bridgehead atoms. The fourth-order valence-corrected chi connectivity index (χ4v) is 5.92. The number of alkyl halides is 3. The van der Waals surface area contributed by atoms with Crippen molar-refractivity contribution in [3.05, 3.63) is 88.9 Å². The van der Waals surface area contributed by atoms with E-state index in [9.17, 15) is 26.4 Å². The van der Waals surface area contributed by atoms with E-state index in [2.05, 4.69) is 4.72 Å². The predicted molar refractivity (Wildman–Crippen MR) is 142 cm³/mol. The summed E-state index contributed by atoms with van der Waals surface area (Å²) in [5.74, 6) is -0.114. The Morgan fingerprint density at radius 1 is 1.00 bits per heavy atom. The third kappa shape index (κ3) is 7.03. The van der Waals surface area contributed by atoms with Crippen LogP contribution in [0.15, 0.2) is 77.7 Å². The zero-order chi connectivity index (χ0) is 28.2. The van der Waals surface area contributed by atoms with Gasteiger partial charge in [-0.2, -0.15) is 17.9 Å². The van der Waals surface area contributed by atoms with Crippen LogP contribution in [0.25, 0.3) is 0 Å². The maximum Gasteiger partial charge on any atom is 0.416 e. The Morgan fingerprint density at radius 3 is 2.31 bits per heavy atom. The van der Waals surface area contributed by atoms with Crippen LogP contribution in [0.3, 0.4) is 0 Å². The van der Waals surface area contributed by atoms with Crippen molar-refractivity contribution in [1.82, 2.24) is 9.62 Å². The lowest BCUT2D eigenvalue weighted by molar-refractivity contribution is -0.137. The number of benzene rings is 3. The van der Waals surface area contributed by atoms with Crippen LogP contribution in [0, 0.1) is 0 Å². The summed E-state index contributed by atoms with van der Waals surface area (Å²) in [6.45, 7) is 1.03. The lowest BCUT2D eigenvalue weighted by Gasteiger charge is -2.38. The molecule has 0 spiro atoms. The van der Waals surface area contributed by atoms with Gasteiger partial charge < -0.3 is 14.5 Å². The molecule has 208 valence electrons. The smallest absolute Gasteiger partial charge is 0.416 e. The topological polar surface area (TPSA) is 78.9 Å². The maximum atomic E-state index is 13.6.